The van der Waals surface area contributed by atoms with Crippen LogP contribution in [0.15, 0.2) is 54.6 Å². The van der Waals surface area contributed by atoms with Crippen molar-refractivity contribution in [3.05, 3.63) is 60.2 Å². The van der Waals surface area contributed by atoms with Gasteiger partial charge in [0.15, 0.2) is 6.10 Å². The molecule has 2 saturated heterocycles. The second kappa shape index (κ2) is 16.3. The van der Waals surface area contributed by atoms with Gasteiger partial charge in [0.05, 0.1) is 7.11 Å². The largest absolute Gasteiger partial charge is 0.479 e. The molecule has 3 rings (SSSR count). The van der Waals surface area contributed by atoms with Crippen molar-refractivity contribution >= 4 is 29.8 Å². The van der Waals surface area contributed by atoms with Crippen LogP contribution >= 0.6 is 0 Å². The first-order valence-electron chi connectivity index (χ1n) is 16.5. The van der Waals surface area contributed by atoms with Gasteiger partial charge in [-0.25, -0.2) is 19.2 Å². The molecule has 0 radical (unpaired) electrons. The number of hydrogen-bond donors (Lipinski definition) is 4. The molecule has 0 aromatic heterocycles. The normalized spacial score (nSPS) is 29.7. The summed E-state index contributed by atoms with van der Waals surface area (Å²) in [4.78, 5) is 64.0. The number of fused-ring (bicyclic) bond motifs is 2. The van der Waals surface area contributed by atoms with Crippen LogP contribution < -0.4 is 0 Å². The predicted molar refractivity (Wildman–Crippen MR) is 175 cm³/mol. The number of aliphatic carboxylic acids is 2. The third kappa shape index (κ3) is 7.93. The summed E-state index contributed by atoms with van der Waals surface area (Å²) in [6, 6.07) is 9.35. The Morgan fingerprint density at radius 3 is 2.26 bits per heavy atom. The number of aliphatic hydroxyl groups is 2. The number of carbonyl (C=O) groups is 5. The van der Waals surface area contributed by atoms with Gasteiger partial charge in [-0.15, -0.1) is 0 Å². The fourth-order valence-electron chi connectivity index (χ4n) is 6.73. The Kier molecular flexibility index (Phi) is 13.1. The molecule has 14 nitrogen and oxygen atoms in total. The minimum atomic E-state index is -3.67. The second-order valence-electron chi connectivity index (χ2n) is 13.3. The van der Waals surface area contributed by atoms with Crippen molar-refractivity contribution in [2.45, 2.75) is 108 Å². The fourth-order valence-corrected chi connectivity index (χ4v) is 6.73. The van der Waals surface area contributed by atoms with Crippen molar-refractivity contribution in [3.8, 4) is 0 Å². The van der Waals surface area contributed by atoms with Gasteiger partial charge in [-0.3, -0.25) is 4.79 Å². The number of hydrogen-bond acceptors (Lipinski definition) is 12. The lowest BCUT2D eigenvalue weighted by molar-refractivity contribution is -0.374. The molecule has 14 heteroatoms. The highest BCUT2D eigenvalue weighted by Gasteiger charge is 2.86. The predicted octanol–water partition coefficient (Wildman–Crippen LogP) is 2.97. The van der Waals surface area contributed by atoms with E-state index in [1.54, 1.807) is 0 Å². The average molecular weight is 705 g/mol. The lowest BCUT2D eigenvalue weighted by Gasteiger charge is -2.49. The maximum Gasteiger partial charge on any atom is 0.345 e. The molecule has 2 aliphatic heterocycles. The molecule has 2 fully saturated rings. The van der Waals surface area contributed by atoms with Crippen LogP contribution in [0.2, 0.25) is 0 Å². The molecule has 10 atom stereocenters. The summed E-state index contributed by atoms with van der Waals surface area (Å²) in [5.41, 5.74) is -5.87. The highest BCUT2D eigenvalue weighted by atomic mass is 16.8. The van der Waals surface area contributed by atoms with Crippen LogP contribution in [0.4, 0.5) is 0 Å². The number of aliphatic hydroxyl groups excluding tert-OH is 1. The van der Waals surface area contributed by atoms with Crippen molar-refractivity contribution in [1.82, 2.24) is 0 Å². The summed E-state index contributed by atoms with van der Waals surface area (Å²) >= 11 is 0. The molecule has 276 valence electrons. The van der Waals surface area contributed by atoms with Gasteiger partial charge in [-0.05, 0) is 42.2 Å². The Morgan fingerprint density at radius 2 is 1.72 bits per heavy atom. The molecule has 50 heavy (non-hydrogen) atoms. The Balaban J connectivity index is 2.04. The van der Waals surface area contributed by atoms with E-state index in [2.05, 4.69) is 11.3 Å². The highest BCUT2D eigenvalue weighted by molar-refractivity contribution is 5.98. The molecule has 2 bridgehead atoms. The van der Waals surface area contributed by atoms with E-state index in [-0.39, 0.29) is 23.8 Å². The number of esters is 3. The quantitative estimate of drug-likeness (QED) is 0.0795. The van der Waals surface area contributed by atoms with E-state index in [1.165, 1.54) is 13.0 Å². The second-order valence-corrected chi connectivity index (χ2v) is 13.3. The maximum atomic E-state index is 13.1. The number of rotatable bonds is 17. The molecule has 2 aliphatic rings. The van der Waals surface area contributed by atoms with Crippen LogP contribution in [-0.2, 0) is 54.1 Å². The van der Waals surface area contributed by atoms with Crippen molar-refractivity contribution < 1.29 is 68.1 Å². The topological polar surface area (TPSA) is 212 Å². The average Bonchev–Trinajstić information content (AvgIpc) is 3.28. The number of carbonyl (C=O) groups excluding carboxylic acids is 3. The lowest BCUT2D eigenvalue weighted by atomic mass is 9.74. The van der Waals surface area contributed by atoms with Gasteiger partial charge in [-0.1, -0.05) is 77.1 Å². The summed E-state index contributed by atoms with van der Waals surface area (Å²) in [6.45, 7) is 13.0. The molecule has 1 aromatic carbocycles. The summed E-state index contributed by atoms with van der Waals surface area (Å²) in [6.07, 6.45) is -4.36. The molecule has 0 amide bonds. The summed E-state index contributed by atoms with van der Waals surface area (Å²) < 4.78 is 27.1. The van der Waals surface area contributed by atoms with Crippen molar-refractivity contribution in [2.24, 2.45) is 17.8 Å². The zero-order chi connectivity index (χ0) is 37.6. The number of methoxy groups -OCH3 is 1. The number of carboxylic acid groups (broad SMARTS) is 2. The first-order chi connectivity index (χ1) is 23.4. The fraction of sp³-hybridized carbons (Fsp3) is 0.583. The van der Waals surface area contributed by atoms with Gasteiger partial charge in [0.1, 0.15) is 12.2 Å². The van der Waals surface area contributed by atoms with Gasteiger partial charge in [0, 0.05) is 25.3 Å². The Morgan fingerprint density at radius 1 is 1.08 bits per heavy atom. The molecule has 1 aromatic rings. The Hall–Kier alpha value is -4.11. The summed E-state index contributed by atoms with van der Waals surface area (Å²) in [5, 5.41) is 44.2. The molecule has 2 heterocycles. The summed E-state index contributed by atoms with van der Waals surface area (Å²) in [5.74, 6) is -10.4. The SMILES string of the molecule is C=C(CC[C@@]12O[C@H](C(=O)O)[C@@](O)(C(=O)OC)[C@@](C(=O)O)(O1)[C@H](OC(=O)/C=C/[C@@H](C)C[C@@H](C)CC)[C@H]2O)C(OC(C)=O)[C@H](C)Cc1ccccc1. The minimum absolute atomic E-state index is 0.103. The first-order valence-corrected chi connectivity index (χ1v) is 16.5. The Labute approximate surface area is 291 Å². The molecule has 4 N–H and O–H groups in total. The summed E-state index contributed by atoms with van der Waals surface area (Å²) in [7, 11) is 0.764. The van der Waals surface area contributed by atoms with Crippen molar-refractivity contribution in [3.63, 3.8) is 0 Å². The van der Waals surface area contributed by atoms with Gasteiger partial charge < -0.3 is 44.1 Å². The van der Waals surface area contributed by atoms with E-state index >= 15 is 0 Å². The van der Waals surface area contributed by atoms with E-state index in [0.717, 1.165) is 31.6 Å². The monoisotopic (exact) mass is 704 g/mol. The van der Waals surface area contributed by atoms with E-state index in [1.807, 2.05) is 58.0 Å². The minimum Gasteiger partial charge on any atom is -0.479 e. The van der Waals surface area contributed by atoms with Gasteiger partial charge in [0.2, 0.25) is 23.1 Å². The molecular formula is C36H48O14. The molecule has 0 saturated carbocycles. The third-order valence-electron chi connectivity index (χ3n) is 9.46. The molecule has 0 spiro atoms. The number of allylic oxidation sites excluding steroid dienone is 1. The molecular weight excluding hydrogens is 656 g/mol. The van der Waals surface area contributed by atoms with Crippen molar-refractivity contribution in [1.29, 1.82) is 0 Å². The van der Waals surface area contributed by atoms with E-state index < -0.39 is 77.7 Å². The number of carboxylic acids is 2. The van der Waals surface area contributed by atoms with Crippen molar-refractivity contribution in [2.75, 3.05) is 7.11 Å². The first kappa shape index (κ1) is 40.3. The van der Waals surface area contributed by atoms with E-state index in [0.29, 0.717) is 12.3 Å². The van der Waals surface area contributed by atoms with E-state index in [9.17, 15) is 44.4 Å². The zero-order valence-electron chi connectivity index (χ0n) is 29.2. The van der Waals surface area contributed by atoms with Crippen LogP contribution in [0, 0.1) is 17.8 Å². The van der Waals surface area contributed by atoms with Crippen LogP contribution in [0.3, 0.4) is 0 Å². The van der Waals surface area contributed by atoms with Gasteiger partial charge >= 0.3 is 29.8 Å². The molecule has 0 aliphatic carbocycles. The number of ether oxygens (including phenoxy) is 5. The number of benzene rings is 1. The molecule has 1 unspecified atom stereocenters. The smallest absolute Gasteiger partial charge is 0.345 e. The third-order valence-corrected chi connectivity index (χ3v) is 9.46. The van der Waals surface area contributed by atoms with Crippen LogP contribution in [0.1, 0.15) is 65.9 Å². The van der Waals surface area contributed by atoms with Crippen LogP contribution in [0.5, 0.6) is 0 Å². The van der Waals surface area contributed by atoms with Crippen LogP contribution in [-0.4, -0.2) is 98.8 Å². The zero-order valence-corrected chi connectivity index (χ0v) is 29.2. The highest BCUT2D eigenvalue weighted by Crippen LogP contribution is 2.56. The van der Waals surface area contributed by atoms with E-state index in [4.69, 9.17) is 18.9 Å². The van der Waals surface area contributed by atoms with Crippen LogP contribution in [0.25, 0.3) is 0 Å². The maximum absolute atomic E-state index is 13.1. The standard InChI is InChI=1S/C36H48O14/c1-8-20(2)18-21(3)14-15-26(38)48-29-28(39)34(49-30(31(40)41)35(45,33(44)46-7)36(29,50-34)32(42)43)17-16-22(4)27(47-24(6)37)23(5)19-25-12-10-9-11-13-25/h9-15,20-21,23,27-30,39,45H,4,8,16-19H2,1-3,5-7H3,(H,40,41)(H,42,43)/b15-14+/t20-,21+,23+,27?,28+,29+,30+,34+,35+,36+/m0/s1. The van der Waals surface area contributed by atoms with Gasteiger partial charge in [-0.2, -0.15) is 0 Å². The lowest BCUT2D eigenvalue weighted by Crippen LogP contribution is -2.78. The Bertz CT molecular complexity index is 1460. The van der Waals surface area contributed by atoms with Gasteiger partial charge in [0.25, 0.3) is 0 Å².